The first-order valence-corrected chi connectivity index (χ1v) is 6.30. The average Bonchev–Trinajstić information content (AvgIpc) is 2.72. The van der Waals surface area contributed by atoms with Crippen molar-refractivity contribution in [2.24, 2.45) is 0 Å². The Morgan fingerprint density at radius 1 is 1.00 bits per heavy atom. The molecule has 0 aliphatic carbocycles. The summed E-state index contributed by atoms with van der Waals surface area (Å²) >= 11 is 0. The molecule has 0 spiro atoms. The summed E-state index contributed by atoms with van der Waals surface area (Å²) in [6, 6.07) is 13.0. The maximum Gasteiger partial charge on any atom is 0.0500 e. The quantitative estimate of drug-likeness (QED) is 0.654. The number of fused-ring (bicyclic) bond motifs is 3. The number of para-hydroxylation sites is 1. The van der Waals surface area contributed by atoms with E-state index < -0.39 is 0 Å². The summed E-state index contributed by atoms with van der Waals surface area (Å²) in [5.41, 5.74) is 5.44. The third kappa shape index (κ3) is 1.54. The summed E-state index contributed by atoms with van der Waals surface area (Å²) in [6.07, 6.45) is 2.34. The van der Waals surface area contributed by atoms with Gasteiger partial charge in [0.15, 0.2) is 0 Å². The van der Waals surface area contributed by atoms with E-state index in [9.17, 15) is 0 Å². The van der Waals surface area contributed by atoms with Gasteiger partial charge in [0.2, 0.25) is 0 Å². The molecule has 0 bridgehead atoms. The second-order valence-corrected chi connectivity index (χ2v) is 4.70. The molecule has 3 rings (SSSR count). The Morgan fingerprint density at radius 3 is 2.65 bits per heavy atom. The van der Waals surface area contributed by atoms with E-state index >= 15 is 0 Å². The number of benzene rings is 2. The maximum absolute atomic E-state index is 3.57. The molecule has 0 aliphatic heterocycles. The predicted octanol–water partition coefficient (Wildman–Crippen LogP) is 4.58. The minimum atomic E-state index is 1.15. The molecule has 0 amide bonds. The highest BCUT2D eigenvalue weighted by Crippen LogP contribution is 2.29. The number of nitrogens with one attached hydrogen (secondary N) is 1. The van der Waals surface area contributed by atoms with E-state index in [-0.39, 0.29) is 0 Å². The van der Waals surface area contributed by atoms with Crippen molar-refractivity contribution in [3.05, 3.63) is 47.5 Å². The van der Waals surface area contributed by atoms with Crippen LogP contribution in [0.2, 0.25) is 0 Å². The van der Waals surface area contributed by atoms with Crippen LogP contribution in [0, 0.1) is 6.92 Å². The number of H-pyrrole nitrogens is 1. The maximum atomic E-state index is 3.57. The number of hydrogen-bond donors (Lipinski definition) is 1. The van der Waals surface area contributed by atoms with Crippen LogP contribution >= 0.6 is 0 Å². The molecule has 0 radical (unpaired) electrons. The van der Waals surface area contributed by atoms with Crippen molar-refractivity contribution in [1.82, 2.24) is 4.98 Å². The van der Waals surface area contributed by atoms with Gasteiger partial charge in [-0.05, 0) is 30.5 Å². The molecule has 1 nitrogen and oxygen atoms in total. The van der Waals surface area contributed by atoms with Crippen molar-refractivity contribution in [1.29, 1.82) is 0 Å². The predicted molar refractivity (Wildman–Crippen MR) is 74.5 cm³/mol. The van der Waals surface area contributed by atoms with Crippen LogP contribution in [0.15, 0.2) is 36.4 Å². The van der Waals surface area contributed by atoms with Crippen molar-refractivity contribution in [2.45, 2.75) is 26.7 Å². The molecule has 0 saturated heterocycles. The molecule has 17 heavy (non-hydrogen) atoms. The second kappa shape index (κ2) is 3.92. The fraction of sp³-hybridized carbons (Fsp3) is 0.250. The first-order valence-electron chi connectivity index (χ1n) is 6.30. The number of hydrogen-bond acceptors (Lipinski definition) is 0. The summed E-state index contributed by atoms with van der Waals surface area (Å²) in [4.78, 5) is 3.57. The zero-order chi connectivity index (χ0) is 11.8. The lowest BCUT2D eigenvalue weighted by Crippen LogP contribution is -1.90. The molecule has 0 atom stereocenters. The minimum absolute atomic E-state index is 1.15. The number of aromatic nitrogens is 1. The number of rotatable bonds is 2. The third-order valence-electron chi connectivity index (χ3n) is 3.52. The van der Waals surface area contributed by atoms with Crippen LogP contribution in [0.1, 0.15) is 24.5 Å². The van der Waals surface area contributed by atoms with Gasteiger partial charge in [0, 0.05) is 21.8 Å². The van der Waals surface area contributed by atoms with E-state index in [2.05, 4.69) is 55.2 Å². The summed E-state index contributed by atoms with van der Waals surface area (Å²) in [5.74, 6) is 0. The molecule has 1 heterocycles. The van der Waals surface area contributed by atoms with Crippen molar-refractivity contribution in [2.75, 3.05) is 0 Å². The molecule has 1 heteroatoms. The zero-order valence-electron chi connectivity index (χ0n) is 10.4. The van der Waals surface area contributed by atoms with Gasteiger partial charge >= 0.3 is 0 Å². The van der Waals surface area contributed by atoms with E-state index in [0.29, 0.717) is 0 Å². The normalized spacial score (nSPS) is 11.4. The monoisotopic (exact) mass is 223 g/mol. The van der Waals surface area contributed by atoms with Gasteiger partial charge in [0.05, 0.1) is 0 Å². The van der Waals surface area contributed by atoms with Crippen LogP contribution in [0.3, 0.4) is 0 Å². The first kappa shape index (κ1) is 10.4. The Morgan fingerprint density at radius 2 is 1.82 bits per heavy atom. The van der Waals surface area contributed by atoms with E-state index in [4.69, 9.17) is 0 Å². The van der Waals surface area contributed by atoms with Crippen molar-refractivity contribution in [3.8, 4) is 0 Å². The Bertz CT molecular complexity index is 676. The largest absolute Gasteiger partial charge is 0.354 e. The van der Waals surface area contributed by atoms with Gasteiger partial charge in [-0.1, -0.05) is 43.7 Å². The van der Waals surface area contributed by atoms with Crippen LogP contribution in [-0.2, 0) is 6.42 Å². The van der Waals surface area contributed by atoms with Crippen LogP contribution in [0.5, 0.6) is 0 Å². The SMILES string of the molecule is CCCc1c(C)ccc2c1[nH]c1ccccc12. The topological polar surface area (TPSA) is 15.8 Å². The minimum Gasteiger partial charge on any atom is -0.354 e. The summed E-state index contributed by atoms with van der Waals surface area (Å²) in [5, 5.41) is 2.69. The molecular formula is C16H17N. The van der Waals surface area contributed by atoms with Crippen LogP contribution in [0.25, 0.3) is 21.8 Å². The van der Waals surface area contributed by atoms with E-state index in [1.165, 1.54) is 39.4 Å². The molecule has 2 aromatic carbocycles. The molecule has 3 aromatic rings. The molecule has 0 unspecified atom stereocenters. The van der Waals surface area contributed by atoms with E-state index in [1.807, 2.05) is 0 Å². The van der Waals surface area contributed by atoms with Gasteiger partial charge in [-0.2, -0.15) is 0 Å². The molecule has 86 valence electrons. The van der Waals surface area contributed by atoms with Crippen LogP contribution in [0.4, 0.5) is 0 Å². The van der Waals surface area contributed by atoms with Crippen molar-refractivity contribution in [3.63, 3.8) is 0 Å². The highest BCUT2D eigenvalue weighted by atomic mass is 14.7. The highest BCUT2D eigenvalue weighted by molar-refractivity contribution is 6.08. The van der Waals surface area contributed by atoms with Gasteiger partial charge < -0.3 is 4.98 Å². The molecule has 1 N–H and O–H groups in total. The lowest BCUT2D eigenvalue weighted by molar-refractivity contribution is 0.919. The zero-order valence-corrected chi connectivity index (χ0v) is 10.4. The summed E-state index contributed by atoms with van der Waals surface area (Å²) in [7, 11) is 0. The Balaban J connectivity index is 2.42. The van der Waals surface area contributed by atoms with Crippen LogP contribution < -0.4 is 0 Å². The third-order valence-corrected chi connectivity index (χ3v) is 3.52. The van der Waals surface area contributed by atoms with Crippen molar-refractivity contribution >= 4 is 21.8 Å². The van der Waals surface area contributed by atoms with Gasteiger partial charge in [-0.15, -0.1) is 0 Å². The van der Waals surface area contributed by atoms with E-state index in [0.717, 1.165) is 6.42 Å². The number of aromatic amines is 1. The smallest absolute Gasteiger partial charge is 0.0500 e. The lowest BCUT2D eigenvalue weighted by Gasteiger charge is -2.05. The highest BCUT2D eigenvalue weighted by Gasteiger charge is 2.09. The van der Waals surface area contributed by atoms with E-state index in [1.54, 1.807) is 0 Å². The molecular weight excluding hydrogens is 206 g/mol. The van der Waals surface area contributed by atoms with Crippen LogP contribution in [-0.4, -0.2) is 4.98 Å². The Labute approximate surface area is 101 Å². The molecule has 0 saturated carbocycles. The number of aryl methyl sites for hydroxylation is 2. The molecule has 0 aliphatic rings. The second-order valence-electron chi connectivity index (χ2n) is 4.70. The van der Waals surface area contributed by atoms with Gasteiger partial charge in [0.1, 0.15) is 0 Å². The first-order chi connectivity index (χ1) is 8.31. The fourth-order valence-electron chi connectivity index (χ4n) is 2.65. The Kier molecular flexibility index (Phi) is 2.40. The molecule has 1 aromatic heterocycles. The van der Waals surface area contributed by atoms with Gasteiger partial charge in [-0.3, -0.25) is 0 Å². The average molecular weight is 223 g/mol. The Hall–Kier alpha value is -1.76. The van der Waals surface area contributed by atoms with Gasteiger partial charge in [0.25, 0.3) is 0 Å². The lowest BCUT2D eigenvalue weighted by atomic mass is 10.0. The molecule has 0 fully saturated rings. The summed E-state index contributed by atoms with van der Waals surface area (Å²) < 4.78 is 0. The van der Waals surface area contributed by atoms with Crippen molar-refractivity contribution < 1.29 is 0 Å². The summed E-state index contributed by atoms with van der Waals surface area (Å²) in [6.45, 7) is 4.44. The van der Waals surface area contributed by atoms with Gasteiger partial charge in [-0.25, -0.2) is 0 Å². The fourth-order valence-corrected chi connectivity index (χ4v) is 2.65. The standard InChI is InChI=1S/C16H17N/c1-3-6-12-11(2)9-10-14-13-7-4-5-8-15(13)17-16(12)14/h4-5,7-10,17H,3,6H2,1-2H3.